The van der Waals surface area contributed by atoms with Gasteiger partial charge in [0.25, 0.3) is 23.6 Å². The summed E-state index contributed by atoms with van der Waals surface area (Å²) in [6.45, 7) is 21.1. The molecule has 8 amide bonds. The Labute approximate surface area is 878 Å². The molecule has 32 heteroatoms. The number of ether oxygens (including phenoxy) is 8. The molecule has 5 fully saturated rings. The van der Waals surface area contributed by atoms with Crippen LogP contribution in [0.1, 0.15) is 354 Å². The number of amides is 8. The van der Waals surface area contributed by atoms with E-state index in [1.165, 1.54) is 135 Å². The largest absolute Gasteiger partial charge is 0.496 e. The fourth-order valence-electron chi connectivity index (χ4n) is 21.2. The summed E-state index contributed by atoms with van der Waals surface area (Å²) in [5.41, 5.74) is 23.8. The summed E-state index contributed by atoms with van der Waals surface area (Å²) in [6, 6.07) is 28.8. The summed E-state index contributed by atoms with van der Waals surface area (Å²) in [4.78, 5) is 102. The highest BCUT2D eigenvalue weighted by Crippen LogP contribution is 2.46. The van der Waals surface area contributed by atoms with Crippen LogP contribution in [-0.4, -0.2) is 173 Å². The van der Waals surface area contributed by atoms with E-state index in [1.54, 1.807) is 75.1 Å². The molecule has 0 spiro atoms. The van der Waals surface area contributed by atoms with Crippen LogP contribution in [-0.2, 0) is 38.8 Å². The lowest BCUT2D eigenvalue weighted by atomic mass is 9.85. The lowest BCUT2D eigenvalue weighted by molar-refractivity contribution is -0.123. The Morgan fingerprint density at radius 1 is 0.338 bits per heavy atom. The summed E-state index contributed by atoms with van der Waals surface area (Å²) < 4.78 is 52.6. The molecule has 6 atom stereocenters. The first-order chi connectivity index (χ1) is 71.4. The van der Waals surface area contributed by atoms with Crippen LogP contribution in [0.4, 0.5) is 0 Å². The van der Waals surface area contributed by atoms with E-state index in [9.17, 15) is 38.4 Å². The van der Waals surface area contributed by atoms with Crippen molar-refractivity contribution < 1.29 is 76.3 Å². The molecule has 814 valence electrons. The van der Waals surface area contributed by atoms with Gasteiger partial charge in [0.2, 0.25) is 23.6 Å². The molecule has 0 saturated heterocycles. The third kappa shape index (κ3) is 35.0. The molecule has 4 heterocycles. The second-order valence-electron chi connectivity index (χ2n) is 42.3. The number of nitrogens with zero attached hydrogens (tertiary/aromatic N) is 8. The topological polar surface area (TPSA) is 420 Å². The highest BCUT2D eigenvalue weighted by Gasteiger charge is 2.34. The minimum absolute atomic E-state index is 0.0175. The third-order valence-corrected chi connectivity index (χ3v) is 30.6. The first-order valence-corrected chi connectivity index (χ1v) is 54.9. The summed E-state index contributed by atoms with van der Waals surface area (Å²) in [5.74, 6) is 6.82. The maximum atomic E-state index is 13.7. The molecule has 11 N–H and O–H groups in total. The van der Waals surface area contributed by atoms with Crippen LogP contribution in [0, 0.1) is 47.3 Å². The Morgan fingerprint density at radius 3 is 0.865 bits per heavy atom. The van der Waals surface area contributed by atoms with Gasteiger partial charge in [0, 0.05) is 75.5 Å². The lowest BCUT2D eigenvalue weighted by Gasteiger charge is -2.28. The quantitative estimate of drug-likeness (QED) is 0.0175. The number of nitrogens with two attached hydrogens (primary N) is 3. The van der Waals surface area contributed by atoms with Crippen molar-refractivity contribution >= 4 is 47.3 Å². The molecule has 0 bridgehead atoms. The molecular weight excluding hydrogens is 1870 g/mol. The maximum Gasteiger partial charge on any atom is 0.272 e. The first-order valence-electron chi connectivity index (χ1n) is 54.9. The molecule has 148 heavy (non-hydrogen) atoms. The average Bonchev–Trinajstić information content (AvgIpc) is 1.63. The van der Waals surface area contributed by atoms with Crippen LogP contribution >= 0.6 is 0 Å². The number of benzene rings is 4. The van der Waals surface area contributed by atoms with Crippen molar-refractivity contribution in [2.24, 2.45) is 64.5 Å². The zero-order chi connectivity index (χ0) is 107. The Bertz CT molecular complexity index is 5400. The third-order valence-electron chi connectivity index (χ3n) is 30.6. The van der Waals surface area contributed by atoms with Crippen molar-refractivity contribution in [3.05, 3.63) is 120 Å². The van der Waals surface area contributed by atoms with Crippen LogP contribution in [0.2, 0.25) is 0 Å². The van der Waals surface area contributed by atoms with E-state index in [-0.39, 0.29) is 96.7 Å². The van der Waals surface area contributed by atoms with E-state index >= 15 is 0 Å². The molecule has 4 aromatic carbocycles. The number of nitrogens with one attached hydrogen (secondary N) is 5. The molecule has 32 nitrogen and oxygen atoms in total. The van der Waals surface area contributed by atoms with Gasteiger partial charge in [-0.15, -0.1) is 0 Å². The van der Waals surface area contributed by atoms with Crippen molar-refractivity contribution in [1.29, 1.82) is 0 Å². The molecule has 2 unspecified atom stereocenters. The SMILES string of the molecule is CCC(C)Cn1nc(C(=O)N[C@@H](CCC2CCCCC2)CC(N)=O)cc1-c1c(OC)cccc1OC.CCC(CC)Cn1nc(C(=O)N[C@@H](CCC2CCCCC2)CC(=O)NC2CCC2)cc1-c1c(OC)cccc1OC.COc1cccc(OC)c1-c1cc(C(=O)N[C@@H](CCC2CCCCC2)CC(N)=O)nn1C(C)C(C)C.COc1cccc(OC)c1-c1cc(C(=O)N[C@@H](CCC2CCCCC2)CC(N)=O)nn1CC(C)C. The van der Waals surface area contributed by atoms with Gasteiger partial charge in [-0.1, -0.05) is 227 Å². The Kier molecular flexibility index (Phi) is 48.2. The number of aromatic nitrogens is 8. The number of rotatable bonds is 52. The zero-order valence-electron chi connectivity index (χ0n) is 91.7. The lowest BCUT2D eigenvalue weighted by Crippen LogP contribution is -2.44. The molecule has 0 radical (unpaired) electrons. The summed E-state index contributed by atoms with van der Waals surface area (Å²) in [7, 11) is 12.9. The fraction of sp³-hybridized carbons (Fsp3) is 0.621. The number of primary amides is 3. The van der Waals surface area contributed by atoms with Gasteiger partial charge in [-0.3, -0.25) is 57.1 Å². The molecule has 4 aromatic heterocycles. The molecule has 8 aromatic rings. The zero-order valence-corrected chi connectivity index (χ0v) is 91.7. The van der Waals surface area contributed by atoms with E-state index in [2.05, 4.69) is 99.1 Å². The molecule has 13 rings (SSSR count). The van der Waals surface area contributed by atoms with Gasteiger partial charge in [-0.2, -0.15) is 20.4 Å². The maximum absolute atomic E-state index is 13.7. The number of methoxy groups -OCH3 is 8. The predicted molar refractivity (Wildman–Crippen MR) is 581 cm³/mol. The van der Waals surface area contributed by atoms with Gasteiger partial charge >= 0.3 is 0 Å². The Balaban J connectivity index is 0.000000202. The monoisotopic (exact) mass is 2050 g/mol. The first kappa shape index (κ1) is 118. The highest BCUT2D eigenvalue weighted by atomic mass is 16.5. The number of hydrogen-bond acceptors (Lipinski definition) is 20. The van der Waals surface area contributed by atoms with Crippen molar-refractivity contribution in [1.82, 2.24) is 65.7 Å². The standard InChI is InChI=1S/C33H50N4O4.2C28H42N4O4.C27H40N4O4/c1-5-23(6-2)22-37-28(32-29(40-3)16-11-17-30(32)41-4)21-27(36-37)33(39)35-26(19-18-24-12-8-7-9-13-24)20-31(38)34-25-14-10-15-25;1-18(2)19(3)32-23(27-24(35-4)12-9-13-25(27)36-5)17-22(31-32)28(34)30-21(16-26(29)33)15-14-20-10-7-6-8-11-20;1-5-19(2)18-32-23(27-24(35-3)12-9-13-25(27)36-4)17-22(31-32)28(34)30-21(16-26(29)33)15-14-20-10-7-6-8-11-20;1-18(2)17-31-22(26-23(34-3)11-8-12-24(26)35-4)16-21(30-31)27(33)29-20(15-25(28)32)14-13-19-9-6-5-7-10-19/h11,16-17,21,23-26H,5-10,12-15,18-20,22H2,1-4H3,(H,34,38)(H,35,39);9,12-13,17-21H,6-8,10-11,14-16H2,1-5H3,(H2,29,33)(H,30,34);9,12-13,17,19-21H,5-8,10-11,14-16,18H2,1-4H3,(H2,29,33)(H,30,34);8,11-12,16,18-20H,5-7,9-10,13-15,17H2,1-4H3,(H2,28,32)(H,29,33)/t26-;2*19?,21-;20-/m0000/s1. The van der Waals surface area contributed by atoms with Gasteiger partial charge in [-0.05, 0) is 198 Å². The van der Waals surface area contributed by atoms with Crippen molar-refractivity contribution in [3.63, 3.8) is 0 Å². The van der Waals surface area contributed by atoms with Gasteiger partial charge in [0.1, 0.15) is 46.0 Å². The minimum Gasteiger partial charge on any atom is -0.496 e. The van der Waals surface area contributed by atoms with E-state index in [0.29, 0.717) is 131 Å². The predicted octanol–water partition coefficient (Wildman–Crippen LogP) is 21.1. The molecular formula is C116H174N16O16. The van der Waals surface area contributed by atoms with E-state index < -0.39 is 17.7 Å². The molecule has 5 saturated carbocycles. The normalized spacial score (nSPS) is 15.9. The number of hydrogen-bond donors (Lipinski definition) is 8. The van der Waals surface area contributed by atoms with Crippen LogP contribution in [0.3, 0.4) is 0 Å². The van der Waals surface area contributed by atoms with Gasteiger partial charge in [0.05, 0.1) is 108 Å². The summed E-state index contributed by atoms with van der Waals surface area (Å²) >= 11 is 0. The van der Waals surface area contributed by atoms with Crippen molar-refractivity contribution in [2.75, 3.05) is 56.9 Å². The van der Waals surface area contributed by atoms with Gasteiger partial charge < -0.3 is 81.7 Å². The van der Waals surface area contributed by atoms with Crippen molar-refractivity contribution in [3.8, 4) is 91.0 Å². The van der Waals surface area contributed by atoms with Crippen LogP contribution in [0.25, 0.3) is 45.0 Å². The summed E-state index contributed by atoms with van der Waals surface area (Å²) in [5, 5.41) is 34.3. The number of carbonyl (C=O) groups is 8. The second kappa shape index (κ2) is 60.5. The van der Waals surface area contributed by atoms with Gasteiger partial charge in [0.15, 0.2) is 22.8 Å². The van der Waals surface area contributed by atoms with E-state index in [0.717, 1.165) is 129 Å². The van der Waals surface area contributed by atoms with Crippen molar-refractivity contribution in [2.45, 2.75) is 362 Å². The number of carbonyl (C=O) groups excluding carboxylic acids is 8. The second-order valence-corrected chi connectivity index (χ2v) is 42.3. The Morgan fingerprint density at radius 2 is 0.608 bits per heavy atom. The van der Waals surface area contributed by atoms with E-state index in [4.69, 9.17) is 65.3 Å². The Hall–Kier alpha value is -12.1. The average molecular weight is 2050 g/mol. The molecule has 0 aliphatic heterocycles. The summed E-state index contributed by atoms with van der Waals surface area (Å²) in [6.07, 6.45) is 39.2. The smallest absolute Gasteiger partial charge is 0.272 e. The molecule has 5 aliphatic rings. The van der Waals surface area contributed by atoms with Crippen LogP contribution in [0.15, 0.2) is 97.1 Å². The van der Waals surface area contributed by atoms with Gasteiger partial charge in [-0.25, -0.2) is 0 Å². The van der Waals surface area contributed by atoms with E-state index in [1.807, 2.05) is 97.6 Å². The highest BCUT2D eigenvalue weighted by molar-refractivity contribution is 5.97. The molecule has 5 aliphatic carbocycles. The van der Waals surface area contributed by atoms with Crippen LogP contribution in [0.5, 0.6) is 46.0 Å². The fourth-order valence-corrected chi connectivity index (χ4v) is 21.2. The minimum atomic E-state index is -0.414. The van der Waals surface area contributed by atoms with Crippen LogP contribution < -0.4 is 81.7 Å².